The number of carboxylic acids is 1. The molecule has 0 saturated heterocycles. The van der Waals surface area contributed by atoms with Crippen molar-refractivity contribution in [2.24, 2.45) is 0 Å². The molecule has 0 aromatic heterocycles. The first-order chi connectivity index (χ1) is 6.54. The van der Waals surface area contributed by atoms with Gasteiger partial charge in [0.2, 0.25) is 0 Å². The Morgan fingerprint density at radius 2 is 2.21 bits per heavy atom. The molecular formula is C10H11ClO3. The molecule has 4 heteroatoms. The molecule has 76 valence electrons. The first-order valence-electron chi connectivity index (χ1n) is 4.09. The van der Waals surface area contributed by atoms with Crippen LogP contribution in [0.25, 0.3) is 0 Å². The molecule has 1 N–H and O–H groups in total. The van der Waals surface area contributed by atoms with Crippen LogP contribution in [0.1, 0.15) is 11.1 Å². The largest absolute Gasteiger partial charge is 0.496 e. The van der Waals surface area contributed by atoms with Crippen LogP contribution < -0.4 is 4.74 Å². The summed E-state index contributed by atoms with van der Waals surface area (Å²) in [5.41, 5.74) is 1.47. The van der Waals surface area contributed by atoms with Crippen LogP contribution in [0.4, 0.5) is 0 Å². The van der Waals surface area contributed by atoms with E-state index in [-0.39, 0.29) is 6.42 Å². The van der Waals surface area contributed by atoms with Crippen molar-refractivity contribution >= 4 is 17.6 Å². The number of carboxylic acid groups (broad SMARTS) is 1. The fourth-order valence-electron chi connectivity index (χ4n) is 1.21. The predicted octanol–water partition coefficient (Wildman–Crippen LogP) is 2.28. The van der Waals surface area contributed by atoms with Gasteiger partial charge >= 0.3 is 5.97 Å². The van der Waals surface area contributed by atoms with E-state index in [4.69, 9.17) is 21.4 Å². The van der Waals surface area contributed by atoms with Crippen molar-refractivity contribution in [2.45, 2.75) is 13.3 Å². The molecule has 0 fully saturated rings. The van der Waals surface area contributed by atoms with Gasteiger partial charge in [-0.2, -0.15) is 0 Å². The van der Waals surface area contributed by atoms with E-state index in [2.05, 4.69) is 0 Å². The van der Waals surface area contributed by atoms with E-state index in [1.165, 1.54) is 0 Å². The fourth-order valence-corrected chi connectivity index (χ4v) is 1.50. The summed E-state index contributed by atoms with van der Waals surface area (Å²) in [6.07, 6.45) is -0.0878. The Kier molecular flexibility index (Phi) is 3.36. The molecule has 0 aliphatic rings. The maximum Gasteiger partial charge on any atom is 0.307 e. The first-order valence-corrected chi connectivity index (χ1v) is 4.47. The average Bonchev–Trinajstić information content (AvgIpc) is 2.09. The number of aryl methyl sites for hydroxylation is 1. The molecule has 0 radical (unpaired) electrons. The number of rotatable bonds is 3. The summed E-state index contributed by atoms with van der Waals surface area (Å²) >= 11 is 5.88. The monoisotopic (exact) mass is 214 g/mol. The molecule has 0 unspecified atom stereocenters. The normalized spacial score (nSPS) is 9.93. The van der Waals surface area contributed by atoms with Crippen LogP contribution in [-0.4, -0.2) is 18.2 Å². The molecule has 14 heavy (non-hydrogen) atoms. The van der Waals surface area contributed by atoms with Gasteiger partial charge in [-0.05, 0) is 30.2 Å². The average molecular weight is 215 g/mol. The van der Waals surface area contributed by atoms with E-state index >= 15 is 0 Å². The quantitative estimate of drug-likeness (QED) is 0.840. The van der Waals surface area contributed by atoms with E-state index in [1.54, 1.807) is 19.2 Å². The van der Waals surface area contributed by atoms with Crippen molar-refractivity contribution in [1.82, 2.24) is 0 Å². The molecule has 0 amide bonds. The zero-order valence-electron chi connectivity index (χ0n) is 8.00. The minimum absolute atomic E-state index is 0.0878. The van der Waals surface area contributed by atoms with Gasteiger partial charge in [0.1, 0.15) is 5.75 Å². The van der Waals surface area contributed by atoms with Crippen molar-refractivity contribution in [1.29, 1.82) is 0 Å². The fraction of sp³-hybridized carbons (Fsp3) is 0.300. The van der Waals surface area contributed by atoms with E-state index in [0.717, 1.165) is 5.56 Å². The smallest absolute Gasteiger partial charge is 0.307 e. The molecule has 0 aliphatic carbocycles. The highest BCUT2D eigenvalue weighted by Gasteiger charge is 2.09. The highest BCUT2D eigenvalue weighted by molar-refractivity contribution is 6.31. The van der Waals surface area contributed by atoms with Crippen LogP contribution in [0.2, 0.25) is 5.02 Å². The molecule has 0 bridgehead atoms. The van der Waals surface area contributed by atoms with Gasteiger partial charge in [-0.15, -0.1) is 0 Å². The van der Waals surface area contributed by atoms with E-state index in [1.807, 2.05) is 6.92 Å². The van der Waals surface area contributed by atoms with Crippen molar-refractivity contribution in [2.75, 3.05) is 7.11 Å². The highest BCUT2D eigenvalue weighted by atomic mass is 35.5. The summed E-state index contributed by atoms with van der Waals surface area (Å²) in [5, 5.41) is 9.09. The number of aliphatic carboxylic acids is 1. The van der Waals surface area contributed by atoms with Crippen LogP contribution in [-0.2, 0) is 11.2 Å². The number of methoxy groups -OCH3 is 1. The Hall–Kier alpha value is -1.22. The van der Waals surface area contributed by atoms with Gasteiger partial charge in [-0.1, -0.05) is 11.6 Å². The number of halogens is 1. The third-order valence-corrected chi connectivity index (χ3v) is 2.26. The molecule has 0 saturated carbocycles. The van der Waals surface area contributed by atoms with Crippen LogP contribution in [0.3, 0.4) is 0 Å². The molecule has 0 aliphatic heterocycles. The molecule has 1 aromatic carbocycles. The zero-order chi connectivity index (χ0) is 10.7. The van der Waals surface area contributed by atoms with Gasteiger partial charge < -0.3 is 9.84 Å². The summed E-state index contributed by atoms with van der Waals surface area (Å²) in [5.74, 6) is -0.247. The molecule has 3 nitrogen and oxygen atoms in total. The Morgan fingerprint density at radius 1 is 1.57 bits per heavy atom. The SMILES string of the molecule is COc1cc(CC(=O)O)c(Cl)cc1C. The van der Waals surface area contributed by atoms with Gasteiger partial charge in [0, 0.05) is 5.02 Å². The molecule has 1 rings (SSSR count). The highest BCUT2D eigenvalue weighted by Crippen LogP contribution is 2.26. The summed E-state index contributed by atoms with van der Waals surface area (Å²) in [6, 6.07) is 3.37. The van der Waals surface area contributed by atoms with Crippen LogP contribution in [0.5, 0.6) is 5.75 Å². The van der Waals surface area contributed by atoms with Crippen molar-refractivity contribution in [3.8, 4) is 5.75 Å². The maximum absolute atomic E-state index is 10.5. The second kappa shape index (κ2) is 4.33. The van der Waals surface area contributed by atoms with Gasteiger partial charge in [-0.25, -0.2) is 0 Å². The predicted molar refractivity (Wildman–Crippen MR) is 54.1 cm³/mol. The lowest BCUT2D eigenvalue weighted by Crippen LogP contribution is -2.01. The summed E-state index contributed by atoms with van der Waals surface area (Å²) in [6.45, 7) is 1.86. The third-order valence-electron chi connectivity index (χ3n) is 1.91. The molecule has 1 aromatic rings. The van der Waals surface area contributed by atoms with Crippen molar-refractivity contribution in [3.05, 3.63) is 28.3 Å². The Balaban J connectivity index is 3.10. The van der Waals surface area contributed by atoms with Crippen molar-refractivity contribution in [3.63, 3.8) is 0 Å². The number of carbonyl (C=O) groups is 1. The second-order valence-corrected chi connectivity index (χ2v) is 3.39. The standard InChI is InChI=1S/C10H11ClO3/c1-6-3-8(11)7(5-10(12)13)4-9(6)14-2/h3-4H,5H2,1-2H3,(H,12,13). The number of hydrogen-bond donors (Lipinski definition) is 1. The van der Waals surface area contributed by atoms with Crippen LogP contribution in [0.15, 0.2) is 12.1 Å². The number of benzene rings is 1. The Morgan fingerprint density at radius 3 is 2.71 bits per heavy atom. The second-order valence-electron chi connectivity index (χ2n) is 2.98. The summed E-state index contributed by atoms with van der Waals surface area (Å²) in [7, 11) is 1.54. The first kappa shape index (κ1) is 10.9. The third kappa shape index (κ3) is 2.39. The molecule has 0 heterocycles. The van der Waals surface area contributed by atoms with Crippen LogP contribution >= 0.6 is 11.6 Å². The van der Waals surface area contributed by atoms with Crippen molar-refractivity contribution < 1.29 is 14.6 Å². The van der Waals surface area contributed by atoms with E-state index in [9.17, 15) is 4.79 Å². The van der Waals surface area contributed by atoms with Gasteiger partial charge in [-0.3, -0.25) is 4.79 Å². The summed E-state index contributed by atoms with van der Waals surface area (Å²) < 4.78 is 5.07. The lowest BCUT2D eigenvalue weighted by atomic mass is 10.1. The van der Waals surface area contributed by atoms with Gasteiger partial charge in [0.15, 0.2) is 0 Å². The molecule has 0 atom stereocenters. The zero-order valence-corrected chi connectivity index (χ0v) is 8.76. The molecular weight excluding hydrogens is 204 g/mol. The molecule has 0 spiro atoms. The maximum atomic E-state index is 10.5. The number of ether oxygens (including phenoxy) is 1. The van der Waals surface area contributed by atoms with Crippen LogP contribution in [0, 0.1) is 6.92 Å². The lowest BCUT2D eigenvalue weighted by molar-refractivity contribution is -0.136. The van der Waals surface area contributed by atoms with Gasteiger partial charge in [0.25, 0.3) is 0 Å². The Labute approximate surface area is 87.3 Å². The van der Waals surface area contributed by atoms with E-state index < -0.39 is 5.97 Å². The summed E-state index contributed by atoms with van der Waals surface area (Å²) in [4.78, 5) is 10.5. The topological polar surface area (TPSA) is 46.5 Å². The minimum Gasteiger partial charge on any atom is -0.496 e. The lowest BCUT2D eigenvalue weighted by Gasteiger charge is -2.08. The van der Waals surface area contributed by atoms with E-state index in [0.29, 0.717) is 16.3 Å². The Bertz CT molecular complexity index is 361. The van der Waals surface area contributed by atoms with Gasteiger partial charge in [0.05, 0.1) is 13.5 Å². The number of hydrogen-bond acceptors (Lipinski definition) is 2. The minimum atomic E-state index is -0.905.